The zero-order chi connectivity index (χ0) is 14.2. The minimum Gasteiger partial charge on any atom is -0.459 e. The Morgan fingerprint density at radius 3 is 2.80 bits per heavy atom. The van der Waals surface area contributed by atoms with E-state index in [1.165, 1.54) is 25.7 Å². The van der Waals surface area contributed by atoms with Crippen molar-refractivity contribution in [3.63, 3.8) is 0 Å². The molecule has 0 spiro atoms. The molecule has 3 nitrogen and oxygen atoms in total. The molecule has 4 heteroatoms. The molecule has 3 rings (SSSR count). The van der Waals surface area contributed by atoms with Gasteiger partial charge < -0.3 is 14.8 Å². The minimum absolute atomic E-state index is 0.0322. The van der Waals surface area contributed by atoms with Crippen LogP contribution in [0.1, 0.15) is 38.4 Å². The molecule has 0 bridgehead atoms. The number of hydrogen-bond donors (Lipinski definition) is 2. The van der Waals surface area contributed by atoms with Gasteiger partial charge in [-0.3, -0.25) is 0 Å². The molecule has 1 atom stereocenters. The molecule has 1 aromatic heterocycles. The summed E-state index contributed by atoms with van der Waals surface area (Å²) >= 11 is 3.47. The Hall–Kier alpha value is -0.840. The molecule has 108 valence electrons. The standard InChI is InChI=1S/C16H20BrNO2/c1-16(10-19,18-13-4-2-3-5-13)15-9-11-8-12(17)6-7-14(11)20-15/h6-9,13,18-19H,2-5,10H2,1H3. The summed E-state index contributed by atoms with van der Waals surface area (Å²) in [4.78, 5) is 0. The van der Waals surface area contributed by atoms with Crippen LogP contribution < -0.4 is 5.32 Å². The number of halogens is 1. The predicted octanol–water partition coefficient (Wildman–Crippen LogP) is 3.94. The molecule has 1 aromatic carbocycles. The molecule has 0 aliphatic heterocycles. The van der Waals surface area contributed by atoms with E-state index in [9.17, 15) is 5.11 Å². The van der Waals surface area contributed by atoms with E-state index in [2.05, 4.69) is 21.2 Å². The van der Waals surface area contributed by atoms with Gasteiger partial charge >= 0.3 is 0 Å². The highest BCUT2D eigenvalue weighted by Crippen LogP contribution is 2.31. The fourth-order valence-corrected chi connectivity index (χ4v) is 3.38. The van der Waals surface area contributed by atoms with Crippen LogP contribution in [-0.2, 0) is 5.54 Å². The summed E-state index contributed by atoms with van der Waals surface area (Å²) in [6, 6.07) is 8.47. The fraction of sp³-hybridized carbons (Fsp3) is 0.500. The predicted molar refractivity (Wildman–Crippen MR) is 83.7 cm³/mol. The molecule has 1 aliphatic rings. The number of aliphatic hydroxyl groups is 1. The Morgan fingerprint density at radius 1 is 1.35 bits per heavy atom. The van der Waals surface area contributed by atoms with Crippen molar-refractivity contribution < 1.29 is 9.52 Å². The molecule has 1 unspecified atom stereocenters. The quantitative estimate of drug-likeness (QED) is 0.888. The lowest BCUT2D eigenvalue weighted by atomic mass is 9.98. The van der Waals surface area contributed by atoms with Crippen molar-refractivity contribution in [3.05, 3.63) is 34.5 Å². The van der Waals surface area contributed by atoms with Crippen molar-refractivity contribution >= 4 is 26.9 Å². The lowest BCUT2D eigenvalue weighted by Crippen LogP contribution is -2.47. The van der Waals surface area contributed by atoms with E-state index in [4.69, 9.17) is 4.42 Å². The van der Waals surface area contributed by atoms with Gasteiger partial charge in [0.2, 0.25) is 0 Å². The lowest BCUT2D eigenvalue weighted by molar-refractivity contribution is 0.141. The van der Waals surface area contributed by atoms with Crippen molar-refractivity contribution in [2.24, 2.45) is 0 Å². The minimum atomic E-state index is -0.513. The van der Waals surface area contributed by atoms with Crippen molar-refractivity contribution in [2.45, 2.75) is 44.2 Å². The first-order chi connectivity index (χ1) is 9.60. The second-order valence-electron chi connectivity index (χ2n) is 5.91. The fourth-order valence-electron chi connectivity index (χ4n) is 3.00. The van der Waals surface area contributed by atoms with Gasteiger partial charge in [-0.1, -0.05) is 28.8 Å². The van der Waals surface area contributed by atoms with Crippen LogP contribution >= 0.6 is 15.9 Å². The first-order valence-corrected chi connectivity index (χ1v) is 7.98. The molecule has 0 radical (unpaired) electrons. The normalized spacial score (nSPS) is 19.6. The van der Waals surface area contributed by atoms with E-state index >= 15 is 0 Å². The molecule has 20 heavy (non-hydrogen) atoms. The zero-order valence-corrected chi connectivity index (χ0v) is 13.2. The van der Waals surface area contributed by atoms with Crippen LogP contribution in [0, 0.1) is 0 Å². The van der Waals surface area contributed by atoms with Crippen molar-refractivity contribution in [3.8, 4) is 0 Å². The van der Waals surface area contributed by atoms with Crippen LogP contribution in [0.5, 0.6) is 0 Å². The third-order valence-electron chi connectivity index (χ3n) is 4.22. The third-order valence-corrected chi connectivity index (χ3v) is 4.71. The Labute approximate surface area is 127 Å². The van der Waals surface area contributed by atoms with Crippen molar-refractivity contribution in [2.75, 3.05) is 6.61 Å². The van der Waals surface area contributed by atoms with Gasteiger partial charge in [-0.25, -0.2) is 0 Å². The topological polar surface area (TPSA) is 45.4 Å². The molecule has 2 N–H and O–H groups in total. The number of nitrogens with one attached hydrogen (secondary N) is 1. The molecule has 1 aliphatic carbocycles. The summed E-state index contributed by atoms with van der Waals surface area (Å²) in [6.07, 6.45) is 4.90. The molecule has 0 saturated heterocycles. The Balaban J connectivity index is 1.92. The average molecular weight is 338 g/mol. The van der Waals surface area contributed by atoms with Gasteiger partial charge in [0.1, 0.15) is 11.3 Å². The van der Waals surface area contributed by atoms with Crippen LogP contribution in [0.4, 0.5) is 0 Å². The van der Waals surface area contributed by atoms with E-state index in [0.29, 0.717) is 6.04 Å². The first-order valence-electron chi connectivity index (χ1n) is 7.19. The highest BCUT2D eigenvalue weighted by molar-refractivity contribution is 9.10. The van der Waals surface area contributed by atoms with Gasteiger partial charge in [0.15, 0.2) is 0 Å². The summed E-state index contributed by atoms with van der Waals surface area (Å²) in [5, 5.41) is 14.5. The Kier molecular flexibility index (Phi) is 3.89. The summed E-state index contributed by atoms with van der Waals surface area (Å²) in [5.74, 6) is 0.806. The summed E-state index contributed by atoms with van der Waals surface area (Å²) in [7, 11) is 0. The Bertz CT molecular complexity index is 604. The van der Waals surface area contributed by atoms with Gasteiger partial charge in [-0.05, 0) is 44.0 Å². The van der Waals surface area contributed by atoms with E-state index in [1.807, 2.05) is 31.2 Å². The molecule has 1 heterocycles. The number of benzene rings is 1. The van der Waals surface area contributed by atoms with E-state index in [1.54, 1.807) is 0 Å². The van der Waals surface area contributed by atoms with Crippen LogP contribution in [0.25, 0.3) is 11.0 Å². The van der Waals surface area contributed by atoms with Crippen molar-refractivity contribution in [1.29, 1.82) is 0 Å². The van der Waals surface area contributed by atoms with Crippen LogP contribution in [-0.4, -0.2) is 17.8 Å². The van der Waals surface area contributed by atoms with Gasteiger partial charge in [-0.15, -0.1) is 0 Å². The first kappa shape index (κ1) is 14.1. The summed E-state index contributed by atoms with van der Waals surface area (Å²) in [6.45, 7) is 2.04. The second kappa shape index (κ2) is 5.51. The molecule has 1 saturated carbocycles. The molecular weight excluding hydrogens is 318 g/mol. The number of rotatable bonds is 4. The monoisotopic (exact) mass is 337 g/mol. The highest BCUT2D eigenvalue weighted by atomic mass is 79.9. The molecule has 2 aromatic rings. The largest absolute Gasteiger partial charge is 0.459 e. The summed E-state index contributed by atoms with van der Waals surface area (Å²) in [5.41, 5.74) is 0.344. The number of hydrogen-bond acceptors (Lipinski definition) is 3. The molecular formula is C16H20BrNO2. The average Bonchev–Trinajstić information content (AvgIpc) is 3.07. The number of furan rings is 1. The maximum Gasteiger partial charge on any atom is 0.134 e. The third kappa shape index (κ3) is 2.65. The van der Waals surface area contributed by atoms with Crippen LogP contribution in [0.3, 0.4) is 0 Å². The van der Waals surface area contributed by atoms with Crippen molar-refractivity contribution in [1.82, 2.24) is 5.32 Å². The van der Waals surface area contributed by atoms with Gasteiger partial charge in [0, 0.05) is 15.9 Å². The van der Waals surface area contributed by atoms with E-state index in [-0.39, 0.29) is 6.61 Å². The second-order valence-corrected chi connectivity index (χ2v) is 6.82. The highest BCUT2D eigenvalue weighted by Gasteiger charge is 2.33. The van der Waals surface area contributed by atoms with Gasteiger partial charge in [0.05, 0.1) is 12.1 Å². The van der Waals surface area contributed by atoms with E-state index in [0.717, 1.165) is 21.2 Å². The molecule has 1 fully saturated rings. The Morgan fingerprint density at radius 2 is 2.10 bits per heavy atom. The lowest BCUT2D eigenvalue weighted by Gasteiger charge is -2.30. The van der Waals surface area contributed by atoms with Gasteiger partial charge in [0.25, 0.3) is 0 Å². The zero-order valence-electron chi connectivity index (χ0n) is 11.7. The van der Waals surface area contributed by atoms with Crippen LogP contribution in [0.2, 0.25) is 0 Å². The number of fused-ring (bicyclic) bond motifs is 1. The van der Waals surface area contributed by atoms with E-state index < -0.39 is 5.54 Å². The molecule has 0 amide bonds. The SMILES string of the molecule is CC(CO)(NC1CCCC1)c1cc2cc(Br)ccc2o1. The van der Waals surface area contributed by atoms with Crippen LogP contribution in [0.15, 0.2) is 33.2 Å². The van der Waals surface area contributed by atoms with Gasteiger partial charge in [-0.2, -0.15) is 0 Å². The number of aliphatic hydroxyl groups excluding tert-OH is 1. The smallest absolute Gasteiger partial charge is 0.134 e. The maximum atomic E-state index is 9.85. The maximum absolute atomic E-state index is 9.85. The summed E-state index contributed by atoms with van der Waals surface area (Å²) < 4.78 is 6.98.